The molecule has 0 heterocycles. The van der Waals surface area contributed by atoms with E-state index in [2.05, 4.69) is 10.5 Å². The van der Waals surface area contributed by atoms with E-state index >= 15 is 0 Å². The van der Waals surface area contributed by atoms with Gasteiger partial charge in [0.05, 0.1) is 21.9 Å². The van der Waals surface area contributed by atoms with E-state index in [0.29, 0.717) is 20.8 Å². The molecule has 0 radical (unpaired) electrons. The van der Waals surface area contributed by atoms with Gasteiger partial charge in [0.1, 0.15) is 0 Å². The predicted molar refractivity (Wildman–Crippen MR) is 93.5 cm³/mol. The summed E-state index contributed by atoms with van der Waals surface area (Å²) in [4.78, 5) is 1.98. The van der Waals surface area contributed by atoms with E-state index < -0.39 is 0 Å². The van der Waals surface area contributed by atoms with Crippen molar-refractivity contribution in [2.75, 3.05) is 24.4 Å². The van der Waals surface area contributed by atoms with Crippen LogP contribution in [0.25, 0.3) is 0 Å². The summed E-state index contributed by atoms with van der Waals surface area (Å²) < 4.78 is 0. The summed E-state index contributed by atoms with van der Waals surface area (Å²) in [6, 6.07) is 10.9. The topological polar surface area (TPSA) is 27.6 Å². The first kappa shape index (κ1) is 16.0. The number of nitrogens with one attached hydrogen (secondary N) is 1. The van der Waals surface area contributed by atoms with Gasteiger partial charge in [-0.3, -0.25) is 5.43 Å². The van der Waals surface area contributed by atoms with Crippen LogP contribution in [0.5, 0.6) is 0 Å². The lowest BCUT2D eigenvalue weighted by Crippen LogP contribution is -2.08. The Morgan fingerprint density at radius 1 is 1.00 bits per heavy atom. The van der Waals surface area contributed by atoms with Gasteiger partial charge >= 0.3 is 0 Å². The zero-order chi connectivity index (χ0) is 15.4. The average molecular weight is 343 g/mol. The first-order valence-electron chi connectivity index (χ1n) is 6.18. The molecule has 0 unspecified atom stereocenters. The third-order valence-electron chi connectivity index (χ3n) is 2.82. The minimum atomic E-state index is 0.547. The van der Waals surface area contributed by atoms with Gasteiger partial charge in [0.2, 0.25) is 0 Å². The molecule has 0 aliphatic rings. The second-order valence-corrected chi connectivity index (χ2v) is 5.85. The lowest BCUT2D eigenvalue weighted by molar-refractivity contribution is 1.13. The Morgan fingerprint density at radius 2 is 1.76 bits per heavy atom. The summed E-state index contributed by atoms with van der Waals surface area (Å²) in [5, 5.41) is 5.90. The van der Waals surface area contributed by atoms with Crippen molar-refractivity contribution in [2.24, 2.45) is 5.10 Å². The number of hydrogen-bond acceptors (Lipinski definition) is 3. The lowest BCUT2D eigenvalue weighted by atomic mass is 10.2. The average Bonchev–Trinajstić information content (AvgIpc) is 2.44. The Hall–Kier alpha value is -1.42. The number of nitrogens with zero attached hydrogens (tertiary/aromatic N) is 2. The molecular formula is C15H14Cl3N3. The molecule has 0 aromatic heterocycles. The van der Waals surface area contributed by atoms with E-state index in [0.717, 1.165) is 11.3 Å². The molecule has 0 amide bonds. The fourth-order valence-electron chi connectivity index (χ4n) is 1.65. The second-order valence-electron chi connectivity index (χ2n) is 4.59. The molecule has 0 saturated carbocycles. The summed E-state index contributed by atoms with van der Waals surface area (Å²) in [6.45, 7) is 0. The summed E-state index contributed by atoms with van der Waals surface area (Å²) in [7, 11) is 3.92. The maximum atomic E-state index is 6.22. The summed E-state index contributed by atoms with van der Waals surface area (Å²) in [5.41, 5.74) is 5.33. The van der Waals surface area contributed by atoms with Crippen LogP contribution in [0.15, 0.2) is 41.5 Å². The molecule has 0 fully saturated rings. The third-order valence-corrected chi connectivity index (χ3v) is 3.71. The molecule has 1 N–H and O–H groups in total. The van der Waals surface area contributed by atoms with Gasteiger partial charge in [0, 0.05) is 30.4 Å². The molecule has 0 aliphatic heterocycles. The van der Waals surface area contributed by atoms with Gasteiger partial charge < -0.3 is 4.90 Å². The highest BCUT2D eigenvalue weighted by Gasteiger charge is 2.02. The molecule has 0 aliphatic carbocycles. The second kappa shape index (κ2) is 7.03. The van der Waals surface area contributed by atoms with E-state index in [-0.39, 0.29) is 0 Å². The third kappa shape index (κ3) is 4.27. The molecule has 0 atom stereocenters. The van der Waals surface area contributed by atoms with Crippen molar-refractivity contribution in [3.63, 3.8) is 0 Å². The number of hydrazone groups is 1. The first-order valence-corrected chi connectivity index (χ1v) is 7.32. The molecule has 2 aromatic carbocycles. The molecule has 2 rings (SSSR count). The number of anilines is 2. The van der Waals surface area contributed by atoms with E-state index in [4.69, 9.17) is 34.8 Å². The monoisotopic (exact) mass is 341 g/mol. The van der Waals surface area contributed by atoms with Crippen LogP contribution in [-0.4, -0.2) is 20.3 Å². The number of rotatable bonds is 4. The van der Waals surface area contributed by atoms with Crippen LogP contribution in [-0.2, 0) is 0 Å². The van der Waals surface area contributed by atoms with Crippen molar-refractivity contribution in [1.29, 1.82) is 0 Å². The molecule has 6 heteroatoms. The fraction of sp³-hybridized carbons (Fsp3) is 0.133. The largest absolute Gasteiger partial charge is 0.378 e. The van der Waals surface area contributed by atoms with Crippen LogP contribution in [0.2, 0.25) is 15.1 Å². The minimum Gasteiger partial charge on any atom is -0.378 e. The number of halogens is 3. The van der Waals surface area contributed by atoms with Gasteiger partial charge in [-0.2, -0.15) is 5.10 Å². The zero-order valence-corrected chi connectivity index (χ0v) is 13.8. The van der Waals surface area contributed by atoms with Crippen molar-refractivity contribution in [2.45, 2.75) is 0 Å². The van der Waals surface area contributed by atoms with Crippen LogP contribution in [0.3, 0.4) is 0 Å². The van der Waals surface area contributed by atoms with Gasteiger partial charge in [-0.05, 0) is 36.4 Å². The van der Waals surface area contributed by atoms with Crippen LogP contribution in [0.4, 0.5) is 11.4 Å². The van der Waals surface area contributed by atoms with Crippen LogP contribution < -0.4 is 10.3 Å². The van der Waals surface area contributed by atoms with Crippen molar-refractivity contribution in [3.05, 3.63) is 57.0 Å². The van der Waals surface area contributed by atoms with E-state index in [1.807, 2.05) is 37.2 Å². The standard InChI is InChI=1S/C15H14Cl3N3/c1-21(2)12-5-3-10(14(18)8-12)9-19-20-15-7-11(16)4-6-13(15)17/h3-9,20H,1-2H3. The zero-order valence-electron chi connectivity index (χ0n) is 11.6. The van der Waals surface area contributed by atoms with Crippen molar-refractivity contribution in [3.8, 4) is 0 Å². The molecule has 2 aromatic rings. The van der Waals surface area contributed by atoms with Crippen molar-refractivity contribution < 1.29 is 0 Å². The Labute approximate surface area is 139 Å². The first-order chi connectivity index (χ1) is 9.97. The highest BCUT2D eigenvalue weighted by Crippen LogP contribution is 2.25. The lowest BCUT2D eigenvalue weighted by Gasteiger charge is -2.13. The normalized spacial score (nSPS) is 10.9. The molecular weight excluding hydrogens is 329 g/mol. The Balaban J connectivity index is 2.13. The maximum absolute atomic E-state index is 6.22. The summed E-state index contributed by atoms with van der Waals surface area (Å²) in [5.74, 6) is 0. The summed E-state index contributed by atoms with van der Waals surface area (Å²) >= 11 is 18.2. The smallest absolute Gasteiger partial charge is 0.0762 e. The van der Waals surface area contributed by atoms with Gasteiger partial charge in [0.25, 0.3) is 0 Å². The van der Waals surface area contributed by atoms with Crippen LogP contribution in [0, 0.1) is 0 Å². The predicted octanol–water partition coefficient (Wildman–Crippen LogP) is 5.16. The van der Waals surface area contributed by atoms with Gasteiger partial charge in [-0.25, -0.2) is 0 Å². The SMILES string of the molecule is CN(C)c1ccc(C=NNc2cc(Cl)ccc2Cl)c(Cl)c1. The summed E-state index contributed by atoms with van der Waals surface area (Å²) in [6.07, 6.45) is 1.64. The highest BCUT2D eigenvalue weighted by atomic mass is 35.5. The molecule has 0 bridgehead atoms. The van der Waals surface area contributed by atoms with E-state index in [9.17, 15) is 0 Å². The molecule has 21 heavy (non-hydrogen) atoms. The van der Waals surface area contributed by atoms with Gasteiger partial charge in [-0.15, -0.1) is 0 Å². The Kier molecular flexibility index (Phi) is 5.34. The van der Waals surface area contributed by atoms with Crippen molar-refractivity contribution >= 4 is 52.4 Å². The molecule has 0 spiro atoms. The van der Waals surface area contributed by atoms with E-state index in [1.54, 1.807) is 24.4 Å². The van der Waals surface area contributed by atoms with Gasteiger partial charge in [0.15, 0.2) is 0 Å². The Morgan fingerprint density at radius 3 is 2.43 bits per heavy atom. The van der Waals surface area contributed by atoms with Crippen molar-refractivity contribution in [1.82, 2.24) is 0 Å². The minimum absolute atomic E-state index is 0.547. The molecule has 110 valence electrons. The van der Waals surface area contributed by atoms with Crippen LogP contribution >= 0.6 is 34.8 Å². The van der Waals surface area contributed by atoms with Crippen LogP contribution in [0.1, 0.15) is 5.56 Å². The van der Waals surface area contributed by atoms with E-state index in [1.165, 1.54) is 0 Å². The molecule has 3 nitrogen and oxygen atoms in total. The quantitative estimate of drug-likeness (QED) is 0.614. The maximum Gasteiger partial charge on any atom is 0.0762 e. The highest BCUT2D eigenvalue weighted by molar-refractivity contribution is 6.35. The van der Waals surface area contributed by atoms with Gasteiger partial charge in [-0.1, -0.05) is 34.8 Å². The number of hydrogen-bond donors (Lipinski definition) is 1. The Bertz CT molecular complexity index is 669. The number of benzene rings is 2. The fourth-order valence-corrected chi connectivity index (χ4v) is 2.21. The molecule has 0 saturated heterocycles.